The highest BCUT2D eigenvalue weighted by Gasteiger charge is 2.03. The number of benzene rings is 2. The maximum absolute atomic E-state index is 5.99. The number of unbranched alkanes of at least 4 members (excludes halogenated alkanes) is 5. The lowest BCUT2D eigenvalue weighted by Crippen LogP contribution is -2.04. The minimum absolute atomic E-state index is 0.788. The van der Waals surface area contributed by atoms with Crippen LogP contribution in [0.1, 0.15) is 51.0 Å². The van der Waals surface area contributed by atoms with Crippen LogP contribution >= 0.6 is 0 Å². The highest BCUT2D eigenvalue weighted by atomic mass is 16.5. The number of para-hydroxylation sites is 2. The number of nitrogens with one attached hydrogen (secondary N) is 1. The van der Waals surface area contributed by atoms with Gasteiger partial charge >= 0.3 is 0 Å². The third kappa shape index (κ3) is 6.77. The Kier molecular flexibility index (Phi) is 8.10. The Morgan fingerprint density at radius 3 is 2.30 bits per heavy atom. The molecule has 0 saturated heterocycles. The highest BCUT2D eigenvalue weighted by molar-refractivity contribution is 5.44. The molecule has 124 valence electrons. The van der Waals surface area contributed by atoms with Gasteiger partial charge in [-0.15, -0.1) is 0 Å². The van der Waals surface area contributed by atoms with Crippen LogP contribution < -0.4 is 10.1 Å². The largest absolute Gasteiger partial charge is 0.493 e. The molecule has 0 unspecified atom stereocenters. The van der Waals surface area contributed by atoms with Gasteiger partial charge in [0.15, 0.2) is 0 Å². The zero-order chi connectivity index (χ0) is 16.2. The first kappa shape index (κ1) is 17.4. The predicted octanol–water partition coefficient (Wildman–Crippen LogP) is 6.04. The molecular formula is C21H29NO. The zero-order valence-corrected chi connectivity index (χ0v) is 14.3. The summed E-state index contributed by atoms with van der Waals surface area (Å²) in [6, 6.07) is 18.6. The minimum Gasteiger partial charge on any atom is -0.493 e. The second kappa shape index (κ2) is 10.7. The summed E-state index contributed by atoms with van der Waals surface area (Å²) in [6.07, 6.45) is 7.75. The summed E-state index contributed by atoms with van der Waals surface area (Å²) in [5.74, 6) is 1.00. The topological polar surface area (TPSA) is 21.3 Å². The van der Waals surface area contributed by atoms with Crippen LogP contribution in [0.4, 0.5) is 5.69 Å². The number of rotatable bonds is 11. The molecule has 0 heterocycles. The van der Waals surface area contributed by atoms with Crippen molar-refractivity contribution in [3.05, 3.63) is 60.2 Å². The number of anilines is 1. The fourth-order valence-corrected chi connectivity index (χ4v) is 2.61. The fraction of sp³-hybridized carbons (Fsp3) is 0.429. The molecule has 0 aliphatic rings. The van der Waals surface area contributed by atoms with Gasteiger partial charge in [0.05, 0.1) is 6.61 Å². The van der Waals surface area contributed by atoms with Gasteiger partial charge in [0.25, 0.3) is 0 Å². The fourth-order valence-electron chi connectivity index (χ4n) is 2.61. The van der Waals surface area contributed by atoms with E-state index in [-0.39, 0.29) is 0 Å². The van der Waals surface area contributed by atoms with Gasteiger partial charge < -0.3 is 10.1 Å². The molecule has 0 spiro atoms. The maximum atomic E-state index is 5.99. The average molecular weight is 311 g/mol. The molecule has 0 aliphatic carbocycles. The molecule has 0 amide bonds. The van der Waals surface area contributed by atoms with E-state index in [1.165, 1.54) is 37.7 Å². The average Bonchev–Trinajstić information content (AvgIpc) is 2.61. The number of hydrogen-bond acceptors (Lipinski definition) is 2. The molecule has 23 heavy (non-hydrogen) atoms. The van der Waals surface area contributed by atoms with Gasteiger partial charge in [-0.1, -0.05) is 75.4 Å². The maximum Gasteiger partial charge on any atom is 0.124 e. The lowest BCUT2D eigenvalue weighted by Gasteiger charge is -2.13. The summed E-state index contributed by atoms with van der Waals surface area (Å²) in [7, 11) is 0. The Hall–Kier alpha value is -1.96. The van der Waals surface area contributed by atoms with E-state index in [0.717, 1.165) is 31.0 Å². The van der Waals surface area contributed by atoms with E-state index >= 15 is 0 Å². The summed E-state index contributed by atoms with van der Waals surface area (Å²) in [5.41, 5.74) is 2.35. The van der Waals surface area contributed by atoms with Gasteiger partial charge in [-0.05, 0) is 24.6 Å². The lowest BCUT2D eigenvalue weighted by molar-refractivity contribution is 0.301. The smallest absolute Gasteiger partial charge is 0.124 e. The van der Waals surface area contributed by atoms with Crippen LogP contribution in [-0.4, -0.2) is 6.61 Å². The van der Waals surface area contributed by atoms with Crippen LogP contribution in [0, 0.1) is 0 Å². The standard InChI is InChI=1S/C21H29NO/c1-2-3-4-5-6-12-17-23-21-16-11-10-13-19(21)18-22-20-14-8-7-9-15-20/h7-11,13-16,22H,2-6,12,17-18H2,1H3. The molecule has 2 rings (SSSR count). The van der Waals surface area contributed by atoms with Crippen molar-refractivity contribution in [1.82, 2.24) is 0 Å². The van der Waals surface area contributed by atoms with E-state index in [1.807, 2.05) is 24.3 Å². The van der Waals surface area contributed by atoms with Crippen LogP contribution in [0.2, 0.25) is 0 Å². The van der Waals surface area contributed by atoms with Crippen molar-refractivity contribution in [3.63, 3.8) is 0 Å². The Bertz CT molecular complexity index is 539. The van der Waals surface area contributed by atoms with E-state index in [9.17, 15) is 0 Å². The summed E-state index contributed by atoms with van der Waals surface area (Å²) >= 11 is 0. The van der Waals surface area contributed by atoms with Crippen molar-refractivity contribution in [3.8, 4) is 5.75 Å². The van der Waals surface area contributed by atoms with Gasteiger partial charge in [-0.2, -0.15) is 0 Å². The highest BCUT2D eigenvalue weighted by Crippen LogP contribution is 2.20. The van der Waals surface area contributed by atoms with Crippen molar-refractivity contribution < 1.29 is 4.74 Å². The van der Waals surface area contributed by atoms with Crippen LogP contribution in [0.5, 0.6) is 5.75 Å². The molecule has 0 atom stereocenters. The molecule has 2 nitrogen and oxygen atoms in total. The predicted molar refractivity (Wildman–Crippen MR) is 99.1 cm³/mol. The van der Waals surface area contributed by atoms with Crippen molar-refractivity contribution in [2.24, 2.45) is 0 Å². The molecule has 2 heteroatoms. The van der Waals surface area contributed by atoms with Crippen molar-refractivity contribution in [2.45, 2.75) is 52.0 Å². The number of hydrogen-bond donors (Lipinski definition) is 1. The first-order valence-electron chi connectivity index (χ1n) is 8.90. The summed E-state index contributed by atoms with van der Waals surface area (Å²) in [5, 5.41) is 3.45. The second-order valence-electron chi connectivity index (χ2n) is 5.94. The van der Waals surface area contributed by atoms with Gasteiger partial charge in [-0.25, -0.2) is 0 Å². The van der Waals surface area contributed by atoms with E-state index in [0.29, 0.717) is 0 Å². The molecule has 0 fully saturated rings. The first-order chi connectivity index (χ1) is 11.4. The second-order valence-corrected chi connectivity index (χ2v) is 5.94. The first-order valence-corrected chi connectivity index (χ1v) is 8.90. The third-order valence-corrected chi connectivity index (χ3v) is 3.98. The van der Waals surface area contributed by atoms with Crippen LogP contribution in [0.15, 0.2) is 54.6 Å². The van der Waals surface area contributed by atoms with E-state index in [4.69, 9.17) is 4.74 Å². The molecule has 0 bridgehead atoms. The molecule has 0 radical (unpaired) electrons. The Morgan fingerprint density at radius 2 is 1.48 bits per heavy atom. The summed E-state index contributed by atoms with van der Waals surface area (Å²) in [6.45, 7) is 3.86. The van der Waals surface area contributed by atoms with Crippen LogP contribution in [0.25, 0.3) is 0 Å². The lowest BCUT2D eigenvalue weighted by atomic mass is 10.1. The van der Waals surface area contributed by atoms with E-state index < -0.39 is 0 Å². The van der Waals surface area contributed by atoms with Crippen molar-refractivity contribution in [2.75, 3.05) is 11.9 Å². The molecule has 2 aromatic rings. The van der Waals surface area contributed by atoms with Gasteiger partial charge in [-0.3, -0.25) is 0 Å². The molecule has 2 aromatic carbocycles. The zero-order valence-electron chi connectivity index (χ0n) is 14.3. The van der Waals surface area contributed by atoms with Crippen molar-refractivity contribution >= 4 is 5.69 Å². The van der Waals surface area contributed by atoms with Crippen LogP contribution in [-0.2, 0) is 6.54 Å². The van der Waals surface area contributed by atoms with Gasteiger partial charge in [0, 0.05) is 17.8 Å². The van der Waals surface area contributed by atoms with E-state index in [2.05, 4.69) is 42.6 Å². The van der Waals surface area contributed by atoms with E-state index in [1.54, 1.807) is 0 Å². The van der Waals surface area contributed by atoms with Gasteiger partial charge in [0.2, 0.25) is 0 Å². The Morgan fingerprint density at radius 1 is 0.783 bits per heavy atom. The Labute approximate surface area is 140 Å². The molecule has 1 N–H and O–H groups in total. The quantitative estimate of drug-likeness (QED) is 0.511. The summed E-state index contributed by atoms with van der Waals surface area (Å²) in [4.78, 5) is 0. The molecule has 0 aromatic heterocycles. The normalized spacial score (nSPS) is 10.5. The SMILES string of the molecule is CCCCCCCCOc1ccccc1CNc1ccccc1. The van der Waals surface area contributed by atoms with Crippen molar-refractivity contribution in [1.29, 1.82) is 0 Å². The summed E-state index contributed by atoms with van der Waals surface area (Å²) < 4.78 is 5.99. The monoisotopic (exact) mass is 311 g/mol. The number of ether oxygens (including phenoxy) is 1. The molecule has 0 saturated carbocycles. The molecule has 0 aliphatic heterocycles. The van der Waals surface area contributed by atoms with Crippen LogP contribution in [0.3, 0.4) is 0 Å². The van der Waals surface area contributed by atoms with Gasteiger partial charge in [0.1, 0.15) is 5.75 Å². The third-order valence-electron chi connectivity index (χ3n) is 3.98. The minimum atomic E-state index is 0.788. The molecular weight excluding hydrogens is 282 g/mol. The Balaban J connectivity index is 1.74.